The molecule has 0 aliphatic heterocycles. The summed E-state index contributed by atoms with van der Waals surface area (Å²) in [5, 5.41) is 1.73. The number of aryl methyl sites for hydroxylation is 1. The second-order valence-electron chi connectivity index (χ2n) is 7.62. The van der Waals surface area contributed by atoms with E-state index in [9.17, 15) is 8.42 Å². The Morgan fingerprint density at radius 1 is 1.31 bits per heavy atom. The van der Waals surface area contributed by atoms with Gasteiger partial charge in [-0.15, -0.1) is 11.3 Å². The topological polar surface area (TPSA) is 69.9 Å². The first kappa shape index (κ1) is 20.6. The second kappa shape index (κ2) is 7.88. The van der Waals surface area contributed by atoms with Crippen molar-refractivity contribution < 1.29 is 8.42 Å². The van der Waals surface area contributed by atoms with Gasteiger partial charge in [-0.1, -0.05) is 17.7 Å². The molecule has 1 aliphatic carbocycles. The molecule has 0 saturated heterocycles. The van der Waals surface area contributed by atoms with Crippen molar-refractivity contribution in [1.29, 1.82) is 0 Å². The van der Waals surface area contributed by atoms with E-state index in [1.54, 1.807) is 11.6 Å². The van der Waals surface area contributed by atoms with E-state index in [1.165, 1.54) is 26.9 Å². The summed E-state index contributed by atoms with van der Waals surface area (Å²) in [6, 6.07) is 6.08. The third-order valence-corrected chi connectivity index (χ3v) is 7.85. The zero-order chi connectivity index (χ0) is 20.8. The highest BCUT2D eigenvalue weighted by Gasteiger charge is 2.28. The lowest BCUT2D eigenvalue weighted by Gasteiger charge is -2.26. The fraction of sp³-hybridized carbons (Fsp3) is 0.421. The Hall–Kier alpha value is -1.65. The number of likely N-dealkylation sites (N-methyl/N-ethyl adjacent to an activating group) is 2. The molecule has 0 spiro atoms. The van der Waals surface area contributed by atoms with Crippen LogP contribution in [0.25, 0.3) is 4.96 Å². The summed E-state index contributed by atoms with van der Waals surface area (Å²) in [5.74, 6) is 0. The molecular weight excluding hydrogens is 430 g/mol. The summed E-state index contributed by atoms with van der Waals surface area (Å²) in [6.07, 6.45) is 3.70. The largest absolute Gasteiger partial charge is 0.308 e. The molecule has 10 heteroatoms. The van der Waals surface area contributed by atoms with Crippen LogP contribution in [0.3, 0.4) is 0 Å². The van der Waals surface area contributed by atoms with E-state index in [4.69, 9.17) is 11.6 Å². The van der Waals surface area contributed by atoms with E-state index in [1.807, 2.05) is 18.2 Å². The normalized spacial score (nSPS) is 16.8. The number of sulfonamides is 1. The molecule has 156 valence electrons. The van der Waals surface area contributed by atoms with Gasteiger partial charge >= 0.3 is 0 Å². The van der Waals surface area contributed by atoms with Gasteiger partial charge in [-0.3, -0.25) is 14.0 Å². The zero-order valence-corrected chi connectivity index (χ0v) is 19.0. The lowest BCUT2D eigenvalue weighted by Crippen LogP contribution is -2.31. The zero-order valence-electron chi connectivity index (χ0n) is 16.6. The molecule has 0 amide bonds. The molecule has 0 saturated carbocycles. The van der Waals surface area contributed by atoms with Crippen LogP contribution in [0.15, 0.2) is 34.8 Å². The van der Waals surface area contributed by atoms with Crippen molar-refractivity contribution >= 4 is 43.6 Å². The third kappa shape index (κ3) is 4.02. The Labute approximate surface area is 180 Å². The summed E-state index contributed by atoms with van der Waals surface area (Å²) in [7, 11) is 2.39. The van der Waals surface area contributed by atoms with Crippen LogP contribution in [-0.4, -0.2) is 61.8 Å². The molecule has 3 aromatic rings. The number of hydrogen-bond acceptors (Lipinski definition) is 6. The van der Waals surface area contributed by atoms with Gasteiger partial charge in [0.15, 0.2) is 15.1 Å². The Balaban J connectivity index is 1.60. The van der Waals surface area contributed by atoms with Gasteiger partial charge in [-0.2, -0.15) is 8.42 Å². The lowest BCUT2D eigenvalue weighted by atomic mass is 10.1. The highest BCUT2D eigenvalue weighted by atomic mass is 35.5. The van der Waals surface area contributed by atoms with E-state index in [0.717, 1.165) is 25.9 Å². The minimum Gasteiger partial charge on any atom is -0.308 e. The average molecular weight is 454 g/mol. The molecule has 7 nitrogen and oxygen atoms in total. The molecule has 29 heavy (non-hydrogen) atoms. The van der Waals surface area contributed by atoms with Gasteiger partial charge in [0.1, 0.15) is 0 Å². The summed E-state index contributed by atoms with van der Waals surface area (Å²) in [5.41, 5.74) is 3.00. The number of halogens is 1. The quantitative estimate of drug-likeness (QED) is 0.594. The van der Waals surface area contributed by atoms with Crippen molar-refractivity contribution in [1.82, 2.24) is 19.2 Å². The van der Waals surface area contributed by atoms with Gasteiger partial charge in [-0.25, -0.2) is 4.98 Å². The number of rotatable bonds is 7. The molecule has 4 rings (SSSR count). The number of hydrogen-bond donors (Lipinski definition) is 1. The van der Waals surface area contributed by atoms with Crippen LogP contribution in [0.4, 0.5) is 5.69 Å². The molecule has 1 aliphatic rings. The van der Waals surface area contributed by atoms with Crippen molar-refractivity contribution in [3.63, 3.8) is 0 Å². The molecule has 1 aromatic carbocycles. The van der Waals surface area contributed by atoms with Crippen LogP contribution in [-0.2, 0) is 16.4 Å². The number of benzene rings is 1. The number of nitrogens with zero attached hydrogens (tertiary/aromatic N) is 4. The number of imidazole rings is 1. The summed E-state index contributed by atoms with van der Waals surface area (Å²) >= 11 is 7.46. The first-order valence-corrected chi connectivity index (χ1v) is 12.1. The number of anilines is 1. The minimum atomic E-state index is -3.87. The Kier molecular flexibility index (Phi) is 5.60. The molecule has 0 fully saturated rings. The average Bonchev–Trinajstić information content (AvgIpc) is 3.32. The van der Waals surface area contributed by atoms with Crippen LogP contribution in [0.2, 0.25) is 5.15 Å². The number of fused-ring (bicyclic) bond motifs is 2. The maximum absolute atomic E-state index is 13.0. The standard InChI is InChI=1S/C19H24ClN5O2S2/c1-23(2)8-9-24(3)16-7-5-13-4-6-14(12-15(13)16)22-29(26,27)18-17(20)21-19-25(18)10-11-28-19/h4,6,10-12,16,22H,5,7-9H2,1-3H3. The fourth-order valence-corrected chi connectivity index (χ4v) is 6.30. The van der Waals surface area contributed by atoms with Gasteiger partial charge in [-0.05, 0) is 57.2 Å². The lowest BCUT2D eigenvalue weighted by molar-refractivity contribution is 0.218. The Morgan fingerprint density at radius 2 is 2.10 bits per heavy atom. The van der Waals surface area contributed by atoms with Crippen molar-refractivity contribution in [3.8, 4) is 0 Å². The predicted molar refractivity (Wildman–Crippen MR) is 118 cm³/mol. The van der Waals surface area contributed by atoms with Gasteiger partial charge in [0, 0.05) is 36.4 Å². The molecular formula is C19H24ClN5O2S2. The highest BCUT2D eigenvalue weighted by molar-refractivity contribution is 7.92. The number of thiazole rings is 1. The van der Waals surface area contributed by atoms with Gasteiger partial charge < -0.3 is 4.90 Å². The monoisotopic (exact) mass is 453 g/mol. The molecule has 1 atom stereocenters. The third-order valence-electron chi connectivity index (χ3n) is 5.31. The molecule has 1 N–H and O–H groups in total. The van der Waals surface area contributed by atoms with Gasteiger partial charge in [0.25, 0.3) is 10.0 Å². The van der Waals surface area contributed by atoms with E-state index in [-0.39, 0.29) is 16.2 Å². The molecule has 2 aromatic heterocycles. The van der Waals surface area contributed by atoms with Crippen molar-refractivity contribution in [2.45, 2.75) is 23.9 Å². The first-order valence-electron chi connectivity index (χ1n) is 9.38. The second-order valence-corrected chi connectivity index (χ2v) is 10.4. The van der Waals surface area contributed by atoms with Crippen LogP contribution < -0.4 is 4.72 Å². The van der Waals surface area contributed by atoms with Crippen molar-refractivity contribution in [2.24, 2.45) is 0 Å². The van der Waals surface area contributed by atoms with Crippen LogP contribution in [0.5, 0.6) is 0 Å². The summed E-state index contributed by atoms with van der Waals surface area (Å²) in [6.45, 7) is 1.93. The maximum Gasteiger partial charge on any atom is 0.281 e. The molecule has 0 bridgehead atoms. The van der Waals surface area contributed by atoms with E-state index in [0.29, 0.717) is 10.6 Å². The van der Waals surface area contributed by atoms with Crippen molar-refractivity contribution in [3.05, 3.63) is 46.1 Å². The van der Waals surface area contributed by atoms with Crippen LogP contribution in [0.1, 0.15) is 23.6 Å². The smallest absolute Gasteiger partial charge is 0.281 e. The first-order chi connectivity index (χ1) is 13.8. The molecule has 0 radical (unpaired) electrons. The minimum absolute atomic E-state index is 0.0215. The Bertz CT molecular complexity index is 1140. The van der Waals surface area contributed by atoms with E-state index in [2.05, 4.69) is 40.6 Å². The number of nitrogens with one attached hydrogen (secondary N) is 1. The maximum atomic E-state index is 13.0. The van der Waals surface area contributed by atoms with Crippen LogP contribution >= 0.6 is 22.9 Å². The molecule has 2 heterocycles. The van der Waals surface area contributed by atoms with E-state index >= 15 is 0 Å². The van der Waals surface area contributed by atoms with Gasteiger partial charge in [0.2, 0.25) is 0 Å². The van der Waals surface area contributed by atoms with E-state index < -0.39 is 10.0 Å². The molecule has 1 unspecified atom stereocenters. The summed E-state index contributed by atoms with van der Waals surface area (Å²) < 4.78 is 30.2. The van der Waals surface area contributed by atoms with Crippen LogP contribution in [0, 0.1) is 0 Å². The predicted octanol–water partition coefficient (Wildman–Crippen LogP) is 3.33. The summed E-state index contributed by atoms with van der Waals surface area (Å²) in [4.78, 5) is 9.18. The SMILES string of the molecule is CN(C)CCN(C)C1CCc2ccc(NS(=O)(=O)c3c(Cl)nc4sccn34)cc21. The van der Waals surface area contributed by atoms with Gasteiger partial charge in [0.05, 0.1) is 0 Å². The Morgan fingerprint density at radius 3 is 2.86 bits per heavy atom. The fourth-order valence-electron chi connectivity index (χ4n) is 3.80. The highest BCUT2D eigenvalue weighted by Crippen LogP contribution is 2.37. The van der Waals surface area contributed by atoms with Crippen molar-refractivity contribution in [2.75, 3.05) is 39.0 Å². The number of aromatic nitrogens is 2.